The molecular weight excluding hydrogens is 290 g/mol. The van der Waals surface area contributed by atoms with Crippen molar-refractivity contribution in [2.45, 2.75) is 26.3 Å². The molecule has 1 fully saturated rings. The fourth-order valence-corrected chi connectivity index (χ4v) is 3.45. The Balaban J connectivity index is 1.67. The molecule has 23 heavy (non-hydrogen) atoms. The minimum absolute atomic E-state index is 0.0706. The summed E-state index contributed by atoms with van der Waals surface area (Å²) in [5.74, 6) is -0.528. The SMILES string of the molecule is Cc1nc2ccccc2nc1CN1C(=O)[C@H]2CC=CC[C@@H]2C1=O. The van der Waals surface area contributed by atoms with E-state index >= 15 is 0 Å². The number of hydrogen-bond donors (Lipinski definition) is 0. The summed E-state index contributed by atoms with van der Waals surface area (Å²) in [6.45, 7) is 2.09. The molecule has 0 saturated carbocycles. The highest BCUT2D eigenvalue weighted by Gasteiger charge is 2.47. The molecule has 1 aliphatic heterocycles. The average Bonchev–Trinajstić information content (AvgIpc) is 2.81. The first-order valence-corrected chi connectivity index (χ1v) is 7.87. The Kier molecular flexibility index (Phi) is 3.22. The molecule has 2 aliphatic rings. The molecule has 1 aromatic carbocycles. The standard InChI is InChI=1S/C18H17N3O2/c1-11-16(20-15-9-5-4-8-14(15)19-11)10-21-17(22)12-6-2-3-7-13(12)18(21)23/h2-5,8-9,12-13H,6-7,10H2,1H3/t12-,13-/m0/s1. The minimum Gasteiger partial charge on any atom is -0.276 e. The van der Waals surface area contributed by atoms with E-state index in [2.05, 4.69) is 9.97 Å². The maximum absolute atomic E-state index is 12.6. The summed E-state index contributed by atoms with van der Waals surface area (Å²) >= 11 is 0. The molecule has 1 saturated heterocycles. The zero-order chi connectivity index (χ0) is 16.0. The second kappa shape index (κ2) is 5.26. The first-order chi connectivity index (χ1) is 11.1. The number of amides is 2. The number of benzene rings is 1. The van der Waals surface area contributed by atoms with Crippen LogP contribution in [0.25, 0.3) is 11.0 Å². The topological polar surface area (TPSA) is 63.2 Å². The molecule has 2 atom stereocenters. The Hall–Kier alpha value is -2.56. The van der Waals surface area contributed by atoms with Crippen molar-refractivity contribution in [3.05, 3.63) is 47.8 Å². The Morgan fingerprint density at radius 3 is 2.17 bits per heavy atom. The summed E-state index contributed by atoms with van der Waals surface area (Å²) in [4.78, 5) is 35.6. The molecule has 0 radical (unpaired) electrons. The van der Waals surface area contributed by atoms with E-state index in [4.69, 9.17) is 0 Å². The second-order valence-corrected chi connectivity index (χ2v) is 6.16. The largest absolute Gasteiger partial charge is 0.276 e. The summed E-state index contributed by atoms with van der Waals surface area (Å²) < 4.78 is 0. The number of imide groups is 1. The van der Waals surface area contributed by atoms with Crippen molar-refractivity contribution < 1.29 is 9.59 Å². The van der Waals surface area contributed by atoms with Gasteiger partial charge in [-0.25, -0.2) is 9.97 Å². The van der Waals surface area contributed by atoms with Crippen LogP contribution >= 0.6 is 0 Å². The van der Waals surface area contributed by atoms with Crippen molar-refractivity contribution >= 4 is 22.8 Å². The molecule has 116 valence electrons. The second-order valence-electron chi connectivity index (χ2n) is 6.16. The highest BCUT2D eigenvalue weighted by Crippen LogP contribution is 2.35. The van der Waals surface area contributed by atoms with Gasteiger partial charge in [0.2, 0.25) is 11.8 Å². The van der Waals surface area contributed by atoms with E-state index in [9.17, 15) is 9.59 Å². The van der Waals surface area contributed by atoms with Crippen LogP contribution in [0.2, 0.25) is 0 Å². The van der Waals surface area contributed by atoms with Gasteiger partial charge in [-0.2, -0.15) is 0 Å². The molecule has 5 nitrogen and oxygen atoms in total. The van der Waals surface area contributed by atoms with Gasteiger partial charge in [-0.05, 0) is 31.9 Å². The zero-order valence-electron chi connectivity index (χ0n) is 12.9. The van der Waals surface area contributed by atoms with Crippen molar-refractivity contribution in [1.29, 1.82) is 0 Å². The highest BCUT2D eigenvalue weighted by atomic mass is 16.2. The molecular formula is C18H17N3O2. The Bertz CT molecular complexity index is 817. The Morgan fingerprint density at radius 2 is 1.57 bits per heavy atom. The summed E-state index contributed by atoms with van der Waals surface area (Å²) in [5.41, 5.74) is 3.06. The number of carbonyl (C=O) groups excluding carboxylic acids is 2. The van der Waals surface area contributed by atoms with Gasteiger partial charge in [-0.15, -0.1) is 0 Å². The van der Waals surface area contributed by atoms with Crippen LogP contribution in [0, 0.1) is 18.8 Å². The fourth-order valence-electron chi connectivity index (χ4n) is 3.45. The Labute approximate surface area is 134 Å². The normalized spacial score (nSPS) is 23.6. The fraction of sp³-hybridized carbons (Fsp3) is 0.333. The van der Waals surface area contributed by atoms with Gasteiger partial charge in [0.25, 0.3) is 0 Å². The Morgan fingerprint density at radius 1 is 1.00 bits per heavy atom. The lowest BCUT2D eigenvalue weighted by Gasteiger charge is -2.15. The van der Waals surface area contributed by atoms with E-state index in [1.165, 1.54) is 4.90 Å². The maximum Gasteiger partial charge on any atom is 0.233 e. The van der Waals surface area contributed by atoms with E-state index in [-0.39, 0.29) is 30.2 Å². The predicted molar refractivity (Wildman–Crippen MR) is 85.2 cm³/mol. The number of fused-ring (bicyclic) bond motifs is 2. The van der Waals surface area contributed by atoms with Crippen LogP contribution in [-0.4, -0.2) is 26.7 Å². The quantitative estimate of drug-likeness (QED) is 0.631. The van der Waals surface area contributed by atoms with Crippen molar-refractivity contribution in [3.8, 4) is 0 Å². The highest BCUT2D eigenvalue weighted by molar-refractivity contribution is 6.05. The van der Waals surface area contributed by atoms with E-state index < -0.39 is 0 Å². The third kappa shape index (κ3) is 2.23. The monoisotopic (exact) mass is 307 g/mol. The average molecular weight is 307 g/mol. The summed E-state index contributed by atoms with van der Waals surface area (Å²) in [6.07, 6.45) is 5.32. The van der Waals surface area contributed by atoms with Gasteiger partial charge in [0, 0.05) is 0 Å². The predicted octanol–water partition coefficient (Wildman–Crippen LogP) is 2.39. The third-order valence-electron chi connectivity index (χ3n) is 4.75. The van der Waals surface area contributed by atoms with Crippen molar-refractivity contribution in [3.63, 3.8) is 0 Å². The summed E-state index contributed by atoms with van der Waals surface area (Å²) in [7, 11) is 0. The van der Waals surface area contributed by atoms with Crippen LogP contribution in [0.4, 0.5) is 0 Å². The van der Waals surface area contributed by atoms with Gasteiger partial charge in [-0.1, -0.05) is 24.3 Å². The molecule has 1 aliphatic carbocycles. The number of para-hydroxylation sites is 2. The molecule has 0 spiro atoms. The van der Waals surface area contributed by atoms with Crippen LogP contribution < -0.4 is 0 Å². The van der Waals surface area contributed by atoms with Crippen LogP contribution in [-0.2, 0) is 16.1 Å². The van der Waals surface area contributed by atoms with Crippen molar-refractivity contribution in [1.82, 2.24) is 14.9 Å². The van der Waals surface area contributed by atoms with Crippen LogP contribution in [0.15, 0.2) is 36.4 Å². The molecule has 2 amide bonds. The number of nitrogens with zero attached hydrogens (tertiary/aromatic N) is 3. The van der Waals surface area contributed by atoms with Gasteiger partial charge < -0.3 is 0 Å². The molecule has 2 aromatic rings. The van der Waals surface area contributed by atoms with E-state index in [0.717, 1.165) is 16.7 Å². The van der Waals surface area contributed by atoms with Crippen molar-refractivity contribution in [2.24, 2.45) is 11.8 Å². The molecule has 2 heterocycles. The van der Waals surface area contributed by atoms with E-state index in [1.54, 1.807) is 0 Å². The number of hydrogen-bond acceptors (Lipinski definition) is 4. The lowest BCUT2D eigenvalue weighted by Crippen LogP contribution is -2.31. The number of rotatable bonds is 2. The molecule has 0 N–H and O–H groups in total. The number of allylic oxidation sites excluding steroid dienone is 2. The first kappa shape index (κ1) is 14.1. The molecule has 0 bridgehead atoms. The summed E-state index contributed by atoms with van der Waals surface area (Å²) in [6, 6.07) is 7.62. The van der Waals surface area contributed by atoms with Gasteiger partial charge >= 0.3 is 0 Å². The molecule has 4 rings (SSSR count). The minimum atomic E-state index is -0.193. The summed E-state index contributed by atoms with van der Waals surface area (Å²) in [5, 5.41) is 0. The van der Waals surface area contributed by atoms with Gasteiger partial charge in [-0.3, -0.25) is 14.5 Å². The molecule has 0 unspecified atom stereocenters. The molecule has 5 heteroatoms. The van der Waals surface area contributed by atoms with Crippen LogP contribution in [0.5, 0.6) is 0 Å². The lowest BCUT2D eigenvalue weighted by molar-refractivity contribution is -0.140. The van der Waals surface area contributed by atoms with Gasteiger partial charge in [0.05, 0.1) is 40.8 Å². The number of likely N-dealkylation sites (tertiary alicyclic amines) is 1. The van der Waals surface area contributed by atoms with Crippen LogP contribution in [0.3, 0.4) is 0 Å². The van der Waals surface area contributed by atoms with E-state index in [0.29, 0.717) is 18.5 Å². The maximum atomic E-state index is 12.6. The third-order valence-corrected chi connectivity index (χ3v) is 4.75. The number of carbonyl (C=O) groups is 2. The molecule has 1 aromatic heterocycles. The lowest BCUT2D eigenvalue weighted by atomic mass is 9.85. The smallest absolute Gasteiger partial charge is 0.233 e. The number of aryl methyl sites for hydroxylation is 1. The van der Waals surface area contributed by atoms with Crippen LogP contribution in [0.1, 0.15) is 24.2 Å². The van der Waals surface area contributed by atoms with Gasteiger partial charge in [0.1, 0.15) is 0 Å². The van der Waals surface area contributed by atoms with Gasteiger partial charge in [0.15, 0.2) is 0 Å². The first-order valence-electron chi connectivity index (χ1n) is 7.87. The zero-order valence-corrected chi connectivity index (χ0v) is 12.9. The van der Waals surface area contributed by atoms with E-state index in [1.807, 2.05) is 43.3 Å². The van der Waals surface area contributed by atoms with Crippen molar-refractivity contribution in [2.75, 3.05) is 0 Å². The number of aromatic nitrogens is 2.